The number of anilines is 1. The molecule has 1 N–H and O–H groups in total. The van der Waals surface area contributed by atoms with E-state index in [1.807, 2.05) is 0 Å². The zero-order valence-corrected chi connectivity index (χ0v) is 14.9. The molecule has 0 saturated heterocycles. The zero-order valence-electron chi connectivity index (χ0n) is 13.3. The second kappa shape index (κ2) is 7.41. The highest BCUT2D eigenvalue weighted by atomic mass is 79.9. The van der Waals surface area contributed by atoms with Crippen LogP contribution >= 0.6 is 15.9 Å². The fourth-order valence-corrected chi connectivity index (χ4v) is 2.82. The average Bonchev–Trinajstić information content (AvgIpc) is 2.59. The molecule has 2 aromatic carbocycles. The van der Waals surface area contributed by atoms with Crippen molar-refractivity contribution < 1.29 is 27.4 Å². The van der Waals surface area contributed by atoms with Crippen LogP contribution in [0.1, 0.15) is 11.1 Å². The van der Waals surface area contributed by atoms with Gasteiger partial charge in [-0.1, -0.05) is 22.0 Å². The lowest BCUT2D eigenvalue weighted by Gasteiger charge is -2.18. The molecule has 2 aromatic rings. The van der Waals surface area contributed by atoms with E-state index in [0.29, 0.717) is 36.0 Å². The molecular formula is C18H13BrF3NO3. The number of carbonyl (C=O) groups is 1. The van der Waals surface area contributed by atoms with Gasteiger partial charge in [-0.3, -0.25) is 4.79 Å². The van der Waals surface area contributed by atoms with Crippen LogP contribution in [0.4, 0.5) is 18.9 Å². The lowest BCUT2D eigenvalue weighted by atomic mass is 10.1. The molecule has 4 nitrogen and oxygen atoms in total. The third-order valence-corrected chi connectivity index (χ3v) is 4.24. The summed E-state index contributed by atoms with van der Waals surface area (Å²) in [5, 5.41) is 2.66. The first-order valence-corrected chi connectivity index (χ1v) is 8.38. The summed E-state index contributed by atoms with van der Waals surface area (Å²) in [6.45, 7) is 0.912. The fourth-order valence-electron chi connectivity index (χ4n) is 2.31. The maximum Gasteiger partial charge on any atom is 0.416 e. The van der Waals surface area contributed by atoms with Gasteiger partial charge in [-0.05, 0) is 35.9 Å². The number of fused-ring (bicyclic) bond motifs is 1. The summed E-state index contributed by atoms with van der Waals surface area (Å²) in [5.41, 5.74) is 0.216. The molecule has 136 valence electrons. The van der Waals surface area contributed by atoms with Gasteiger partial charge >= 0.3 is 6.18 Å². The van der Waals surface area contributed by atoms with Crippen LogP contribution in [0, 0.1) is 0 Å². The maximum absolute atomic E-state index is 12.7. The van der Waals surface area contributed by atoms with Crippen LogP contribution in [0.5, 0.6) is 11.5 Å². The van der Waals surface area contributed by atoms with Gasteiger partial charge in [0.1, 0.15) is 13.2 Å². The number of benzene rings is 2. The molecule has 0 fully saturated rings. The van der Waals surface area contributed by atoms with Crippen molar-refractivity contribution in [2.75, 3.05) is 18.5 Å². The topological polar surface area (TPSA) is 47.6 Å². The molecule has 0 unspecified atom stereocenters. The molecule has 1 aliphatic rings. The van der Waals surface area contributed by atoms with E-state index in [1.54, 1.807) is 18.2 Å². The second-order valence-corrected chi connectivity index (χ2v) is 6.27. The van der Waals surface area contributed by atoms with Crippen LogP contribution in [0.15, 0.2) is 46.9 Å². The molecule has 1 heterocycles. The van der Waals surface area contributed by atoms with Crippen molar-refractivity contribution in [1.82, 2.24) is 0 Å². The number of nitrogens with one attached hydrogen (secondary N) is 1. The molecule has 3 rings (SSSR count). The van der Waals surface area contributed by atoms with Crippen LogP contribution < -0.4 is 14.8 Å². The normalized spacial score (nSPS) is 13.7. The van der Waals surface area contributed by atoms with Crippen LogP contribution in [0.2, 0.25) is 0 Å². The van der Waals surface area contributed by atoms with E-state index in [0.717, 1.165) is 12.1 Å². The highest BCUT2D eigenvalue weighted by Crippen LogP contribution is 2.33. The van der Waals surface area contributed by atoms with E-state index < -0.39 is 17.6 Å². The molecule has 0 spiro atoms. The Hall–Kier alpha value is -2.48. The number of rotatable bonds is 3. The SMILES string of the molecule is O=C(/C=C/c1ccc(C(F)(F)F)cc1Br)Nc1ccc2c(c1)OCCO2. The number of carbonyl (C=O) groups excluding carboxylic acids is 1. The van der Waals surface area contributed by atoms with Crippen molar-refractivity contribution in [2.24, 2.45) is 0 Å². The molecule has 0 aromatic heterocycles. The molecule has 0 aliphatic carbocycles. The molecule has 0 atom stereocenters. The summed E-state index contributed by atoms with van der Waals surface area (Å²) in [6.07, 6.45) is -1.75. The highest BCUT2D eigenvalue weighted by Gasteiger charge is 2.30. The van der Waals surface area contributed by atoms with Crippen molar-refractivity contribution in [3.05, 3.63) is 58.1 Å². The van der Waals surface area contributed by atoms with Crippen molar-refractivity contribution >= 4 is 33.6 Å². The summed E-state index contributed by atoms with van der Waals surface area (Å²) < 4.78 is 49.0. The summed E-state index contributed by atoms with van der Waals surface area (Å²) >= 11 is 3.08. The molecule has 0 bridgehead atoms. The van der Waals surface area contributed by atoms with E-state index >= 15 is 0 Å². The quantitative estimate of drug-likeness (QED) is 0.709. The Morgan fingerprint density at radius 1 is 1.08 bits per heavy atom. The first-order valence-electron chi connectivity index (χ1n) is 7.58. The first-order chi connectivity index (χ1) is 12.3. The molecule has 26 heavy (non-hydrogen) atoms. The lowest BCUT2D eigenvalue weighted by molar-refractivity contribution is -0.137. The molecule has 0 saturated carbocycles. The largest absolute Gasteiger partial charge is 0.486 e. The molecule has 1 aliphatic heterocycles. The number of alkyl halides is 3. The third kappa shape index (κ3) is 4.37. The van der Waals surface area contributed by atoms with E-state index in [1.165, 1.54) is 18.2 Å². The highest BCUT2D eigenvalue weighted by molar-refractivity contribution is 9.10. The fraction of sp³-hybridized carbons (Fsp3) is 0.167. The molecular weight excluding hydrogens is 415 g/mol. The van der Waals surface area contributed by atoms with Crippen molar-refractivity contribution in [3.8, 4) is 11.5 Å². The maximum atomic E-state index is 12.7. The number of amides is 1. The Bertz CT molecular complexity index is 865. The van der Waals surface area contributed by atoms with E-state index in [4.69, 9.17) is 9.47 Å². The monoisotopic (exact) mass is 427 g/mol. The van der Waals surface area contributed by atoms with Crippen LogP contribution in [-0.2, 0) is 11.0 Å². The van der Waals surface area contributed by atoms with E-state index in [2.05, 4.69) is 21.2 Å². The minimum absolute atomic E-state index is 0.246. The van der Waals surface area contributed by atoms with Gasteiger partial charge in [0, 0.05) is 22.3 Å². The second-order valence-electron chi connectivity index (χ2n) is 5.42. The molecule has 8 heteroatoms. The van der Waals surface area contributed by atoms with Crippen molar-refractivity contribution in [1.29, 1.82) is 0 Å². The summed E-state index contributed by atoms with van der Waals surface area (Å²) in [5.74, 6) is 0.732. The number of hydrogen-bond acceptors (Lipinski definition) is 3. The third-order valence-electron chi connectivity index (χ3n) is 3.55. The van der Waals surface area contributed by atoms with Gasteiger partial charge in [0.15, 0.2) is 11.5 Å². The van der Waals surface area contributed by atoms with Crippen LogP contribution in [-0.4, -0.2) is 19.1 Å². The lowest BCUT2D eigenvalue weighted by Crippen LogP contribution is -2.16. The Labute approximate surface area is 155 Å². The van der Waals surface area contributed by atoms with Crippen LogP contribution in [0.25, 0.3) is 6.08 Å². The van der Waals surface area contributed by atoms with Crippen molar-refractivity contribution in [2.45, 2.75) is 6.18 Å². The average molecular weight is 428 g/mol. The predicted octanol–water partition coefficient (Wildman–Crippen LogP) is 4.89. The summed E-state index contributed by atoms with van der Waals surface area (Å²) in [7, 11) is 0. The van der Waals surface area contributed by atoms with Gasteiger partial charge in [-0.2, -0.15) is 13.2 Å². The Morgan fingerprint density at radius 2 is 1.81 bits per heavy atom. The Balaban J connectivity index is 1.68. The van der Waals surface area contributed by atoms with Gasteiger partial charge in [-0.15, -0.1) is 0 Å². The van der Waals surface area contributed by atoms with E-state index in [9.17, 15) is 18.0 Å². The van der Waals surface area contributed by atoms with Crippen molar-refractivity contribution in [3.63, 3.8) is 0 Å². The van der Waals surface area contributed by atoms with Crippen LogP contribution in [0.3, 0.4) is 0 Å². The minimum Gasteiger partial charge on any atom is -0.486 e. The Kier molecular flexibility index (Phi) is 5.22. The number of halogens is 4. The van der Waals surface area contributed by atoms with Gasteiger partial charge in [0.05, 0.1) is 5.56 Å². The minimum atomic E-state index is -4.42. The Morgan fingerprint density at radius 3 is 2.50 bits per heavy atom. The zero-order chi connectivity index (χ0) is 18.7. The molecule has 0 radical (unpaired) electrons. The number of ether oxygens (including phenoxy) is 2. The van der Waals surface area contributed by atoms with E-state index in [-0.39, 0.29) is 4.47 Å². The smallest absolute Gasteiger partial charge is 0.416 e. The van der Waals surface area contributed by atoms with Gasteiger partial charge in [0.25, 0.3) is 0 Å². The van der Waals surface area contributed by atoms with Gasteiger partial charge in [-0.25, -0.2) is 0 Å². The first kappa shape index (κ1) is 18.3. The molecule has 1 amide bonds. The standard InChI is InChI=1S/C18H13BrF3NO3/c19-14-9-12(18(20,21)22)3-1-11(14)2-6-17(24)23-13-4-5-15-16(10-13)26-8-7-25-15/h1-6,9-10H,7-8H2,(H,23,24)/b6-2+. The predicted molar refractivity (Wildman–Crippen MR) is 94.2 cm³/mol. The van der Waals surface area contributed by atoms with Gasteiger partial charge in [0.2, 0.25) is 5.91 Å². The van der Waals surface area contributed by atoms with Gasteiger partial charge < -0.3 is 14.8 Å². The summed E-state index contributed by atoms with van der Waals surface area (Å²) in [6, 6.07) is 8.24. The summed E-state index contributed by atoms with van der Waals surface area (Å²) in [4.78, 5) is 12.0. The number of hydrogen-bond donors (Lipinski definition) is 1.